The van der Waals surface area contributed by atoms with Gasteiger partial charge in [-0.25, -0.2) is 0 Å². The van der Waals surface area contributed by atoms with Crippen LogP contribution in [0.3, 0.4) is 0 Å². The summed E-state index contributed by atoms with van der Waals surface area (Å²) in [5.74, 6) is 1.71. The molecule has 8 heteroatoms. The summed E-state index contributed by atoms with van der Waals surface area (Å²) in [6.07, 6.45) is 0.716. The average Bonchev–Trinajstić information content (AvgIpc) is 3.37. The SMILES string of the molecule is Cc1noc(-c2ccc(C)c(NCC(=O)N3CCc4c(OCC(C)(C)O)cccc43)c2)n1. The summed E-state index contributed by atoms with van der Waals surface area (Å²) in [4.78, 5) is 19.1. The monoisotopic (exact) mass is 436 g/mol. The topological polar surface area (TPSA) is 101 Å². The molecule has 2 aromatic carbocycles. The number of rotatable bonds is 7. The van der Waals surface area contributed by atoms with Crippen LogP contribution in [0.4, 0.5) is 11.4 Å². The average molecular weight is 437 g/mol. The lowest BCUT2D eigenvalue weighted by atomic mass is 10.1. The Kier molecular flexibility index (Phi) is 5.88. The van der Waals surface area contributed by atoms with E-state index in [0.29, 0.717) is 30.4 Å². The van der Waals surface area contributed by atoms with Gasteiger partial charge >= 0.3 is 0 Å². The van der Waals surface area contributed by atoms with Gasteiger partial charge in [-0.3, -0.25) is 4.79 Å². The van der Waals surface area contributed by atoms with Crippen LogP contribution in [0.15, 0.2) is 40.9 Å². The standard InChI is InChI=1S/C24H28N4O4/c1-15-8-9-17(23-26-16(2)27-32-23)12-19(15)25-13-22(29)28-11-10-18-20(28)6-5-7-21(18)31-14-24(3,4)30/h5-9,12,25,30H,10-11,13-14H2,1-4H3. The molecule has 0 radical (unpaired) electrons. The van der Waals surface area contributed by atoms with Crippen molar-refractivity contribution in [1.29, 1.82) is 0 Å². The van der Waals surface area contributed by atoms with E-state index in [2.05, 4.69) is 15.5 Å². The third-order valence-electron chi connectivity index (χ3n) is 5.31. The van der Waals surface area contributed by atoms with E-state index in [1.165, 1.54) is 0 Å². The lowest BCUT2D eigenvalue weighted by Gasteiger charge is -2.21. The molecule has 0 aliphatic carbocycles. The minimum absolute atomic E-state index is 0.0261. The van der Waals surface area contributed by atoms with Gasteiger partial charge in [0, 0.05) is 23.4 Å². The van der Waals surface area contributed by atoms with Gasteiger partial charge in [-0.2, -0.15) is 4.98 Å². The zero-order valence-electron chi connectivity index (χ0n) is 18.8. The van der Waals surface area contributed by atoms with Gasteiger partial charge in [-0.15, -0.1) is 0 Å². The third kappa shape index (κ3) is 4.75. The zero-order valence-corrected chi connectivity index (χ0v) is 18.8. The summed E-state index contributed by atoms with van der Waals surface area (Å²) in [6, 6.07) is 11.5. The van der Waals surface area contributed by atoms with Crippen molar-refractivity contribution in [3.05, 3.63) is 53.3 Å². The smallest absolute Gasteiger partial charge is 0.257 e. The number of nitrogens with one attached hydrogen (secondary N) is 1. The molecule has 1 amide bonds. The van der Waals surface area contributed by atoms with Gasteiger partial charge in [0.15, 0.2) is 5.82 Å². The fraction of sp³-hybridized carbons (Fsp3) is 0.375. The van der Waals surface area contributed by atoms with E-state index in [4.69, 9.17) is 9.26 Å². The van der Waals surface area contributed by atoms with Gasteiger partial charge in [-0.1, -0.05) is 17.3 Å². The molecule has 0 saturated carbocycles. The van der Waals surface area contributed by atoms with Crippen LogP contribution in [0.5, 0.6) is 5.75 Å². The molecule has 0 saturated heterocycles. The molecule has 32 heavy (non-hydrogen) atoms. The molecule has 1 aliphatic heterocycles. The van der Waals surface area contributed by atoms with Crippen molar-refractivity contribution in [2.24, 2.45) is 0 Å². The second-order valence-electron chi connectivity index (χ2n) is 8.68. The molecule has 2 N–H and O–H groups in total. The van der Waals surface area contributed by atoms with Crippen molar-refractivity contribution in [2.45, 2.75) is 39.7 Å². The molecular formula is C24H28N4O4. The number of ether oxygens (including phenoxy) is 1. The molecule has 0 unspecified atom stereocenters. The number of aryl methyl sites for hydroxylation is 2. The predicted molar refractivity (Wildman–Crippen MR) is 122 cm³/mol. The summed E-state index contributed by atoms with van der Waals surface area (Å²) in [7, 11) is 0. The normalized spacial score (nSPS) is 13.2. The lowest BCUT2D eigenvalue weighted by Crippen LogP contribution is -2.34. The number of nitrogens with zero attached hydrogens (tertiary/aromatic N) is 3. The van der Waals surface area contributed by atoms with Gasteiger partial charge in [0.1, 0.15) is 12.4 Å². The van der Waals surface area contributed by atoms with E-state index in [-0.39, 0.29) is 19.1 Å². The second kappa shape index (κ2) is 8.63. The van der Waals surface area contributed by atoms with E-state index in [1.807, 2.05) is 43.3 Å². The summed E-state index contributed by atoms with van der Waals surface area (Å²) < 4.78 is 11.1. The molecule has 0 fully saturated rings. The van der Waals surface area contributed by atoms with Crippen LogP contribution in [-0.4, -0.2) is 46.5 Å². The Hall–Kier alpha value is -3.39. The van der Waals surface area contributed by atoms with Crippen LogP contribution < -0.4 is 15.0 Å². The molecular weight excluding hydrogens is 408 g/mol. The first kappa shape index (κ1) is 21.8. The molecule has 1 aliphatic rings. The number of aliphatic hydroxyl groups is 1. The minimum Gasteiger partial charge on any atom is -0.490 e. The Morgan fingerprint density at radius 1 is 1.28 bits per heavy atom. The number of anilines is 2. The van der Waals surface area contributed by atoms with Crippen molar-refractivity contribution >= 4 is 17.3 Å². The number of amides is 1. The van der Waals surface area contributed by atoms with Crippen LogP contribution >= 0.6 is 0 Å². The fourth-order valence-electron chi connectivity index (χ4n) is 3.68. The van der Waals surface area contributed by atoms with Crippen LogP contribution in [0.25, 0.3) is 11.5 Å². The van der Waals surface area contributed by atoms with Gasteiger partial charge in [0.2, 0.25) is 5.91 Å². The summed E-state index contributed by atoms with van der Waals surface area (Å²) in [5, 5.41) is 17.0. The third-order valence-corrected chi connectivity index (χ3v) is 5.31. The Balaban J connectivity index is 1.45. The molecule has 2 heterocycles. The number of aromatic nitrogens is 2. The largest absolute Gasteiger partial charge is 0.490 e. The Labute approximate surface area is 187 Å². The minimum atomic E-state index is -0.924. The second-order valence-corrected chi connectivity index (χ2v) is 8.68. The number of carbonyl (C=O) groups excluding carboxylic acids is 1. The Morgan fingerprint density at radius 2 is 2.09 bits per heavy atom. The maximum Gasteiger partial charge on any atom is 0.257 e. The highest BCUT2D eigenvalue weighted by Gasteiger charge is 2.27. The number of hydrogen-bond acceptors (Lipinski definition) is 7. The zero-order chi connectivity index (χ0) is 22.9. The van der Waals surface area contributed by atoms with Crippen molar-refractivity contribution in [3.63, 3.8) is 0 Å². The number of hydrogen-bond donors (Lipinski definition) is 2. The van der Waals surface area contributed by atoms with Crippen molar-refractivity contribution in [3.8, 4) is 17.2 Å². The summed E-state index contributed by atoms with van der Waals surface area (Å²) in [6.45, 7) is 8.10. The maximum absolute atomic E-state index is 13.0. The molecule has 3 aromatic rings. The Morgan fingerprint density at radius 3 is 2.81 bits per heavy atom. The number of fused-ring (bicyclic) bond motifs is 1. The molecule has 1 aromatic heterocycles. The van der Waals surface area contributed by atoms with Crippen molar-refractivity contribution in [2.75, 3.05) is 29.9 Å². The van der Waals surface area contributed by atoms with Crippen molar-refractivity contribution < 1.29 is 19.2 Å². The highest BCUT2D eigenvalue weighted by atomic mass is 16.5. The van der Waals surface area contributed by atoms with E-state index in [1.54, 1.807) is 25.7 Å². The van der Waals surface area contributed by atoms with Crippen LogP contribution in [0, 0.1) is 13.8 Å². The number of carbonyl (C=O) groups is 1. The summed E-state index contributed by atoms with van der Waals surface area (Å²) >= 11 is 0. The summed E-state index contributed by atoms with van der Waals surface area (Å²) in [5.41, 5.74) is 3.58. The highest BCUT2D eigenvalue weighted by molar-refractivity contribution is 5.98. The van der Waals surface area contributed by atoms with Gasteiger partial charge < -0.3 is 24.6 Å². The van der Waals surface area contributed by atoms with E-state index < -0.39 is 5.60 Å². The van der Waals surface area contributed by atoms with Crippen molar-refractivity contribution in [1.82, 2.24) is 10.1 Å². The first-order valence-electron chi connectivity index (χ1n) is 10.6. The fourth-order valence-corrected chi connectivity index (χ4v) is 3.68. The van der Waals surface area contributed by atoms with E-state index in [0.717, 1.165) is 28.1 Å². The molecule has 4 rings (SSSR count). The number of benzene rings is 2. The Bertz CT molecular complexity index is 1130. The van der Waals surface area contributed by atoms with Gasteiger partial charge in [0.05, 0.1) is 17.8 Å². The molecule has 168 valence electrons. The quantitative estimate of drug-likeness (QED) is 0.585. The molecule has 0 atom stereocenters. The predicted octanol–water partition coefficient (Wildman–Crippen LogP) is 3.50. The molecule has 0 bridgehead atoms. The van der Waals surface area contributed by atoms with E-state index >= 15 is 0 Å². The first-order valence-corrected chi connectivity index (χ1v) is 10.6. The van der Waals surface area contributed by atoms with Gasteiger partial charge in [0.25, 0.3) is 5.89 Å². The van der Waals surface area contributed by atoms with Gasteiger partial charge in [-0.05, 0) is 63.9 Å². The van der Waals surface area contributed by atoms with E-state index in [9.17, 15) is 9.90 Å². The highest BCUT2D eigenvalue weighted by Crippen LogP contribution is 2.35. The maximum atomic E-state index is 13.0. The first-order chi connectivity index (χ1) is 15.2. The van der Waals surface area contributed by atoms with Crippen LogP contribution in [0.1, 0.15) is 30.8 Å². The van der Waals surface area contributed by atoms with Crippen LogP contribution in [0.2, 0.25) is 0 Å². The molecule has 0 spiro atoms. The molecule has 8 nitrogen and oxygen atoms in total. The van der Waals surface area contributed by atoms with Crippen LogP contribution in [-0.2, 0) is 11.2 Å². The lowest BCUT2D eigenvalue weighted by molar-refractivity contribution is -0.116.